The predicted octanol–water partition coefficient (Wildman–Crippen LogP) is 2.90. The van der Waals surface area contributed by atoms with Crippen LogP contribution in [0.4, 0.5) is 0 Å². The van der Waals surface area contributed by atoms with Crippen LogP contribution in [-0.2, 0) is 4.79 Å². The molecule has 0 spiro atoms. The minimum Gasteiger partial charge on any atom is -0.481 e. The van der Waals surface area contributed by atoms with E-state index in [0.29, 0.717) is 6.42 Å². The van der Waals surface area contributed by atoms with Crippen LogP contribution >= 0.6 is 0 Å². The molecule has 1 aliphatic heterocycles. The Morgan fingerprint density at radius 2 is 1.81 bits per heavy atom. The summed E-state index contributed by atoms with van der Waals surface area (Å²) in [5.74, 6) is 0.939. The van der Waals surface area contributed by atoms with Crippen molar-refractivity contribution in [3.63, 3.8) is 0 Å². The zero-order valence-corrected chi connectivity index (χ0v) is 11.0. The molecule has 0 amide bonds. The molecule has 0 aromatic heterocycles. The molecule has 1 saturated heterocycles. The fourth-order valence-electron chi connectivity index (χ4n) is 1.71. The van der Waals surface area contributed by atoms with Crippen LogP contribution in [0.1, 0.15) is 52.9 Å². The maximum absolute atomic E-state index is 10.2. The second-order valence-corrected chi connectivity index (χ2v) is 5.21. The largest absolute Gasteiger partial charge is 0.481 e. The van der Waals surface area contributed by atoms with Crippen LogP contribution in [0.5, 0.6) is 0 Å². The van der Waals surface area contributed by atoms with Gasteiger partial charge in [0.2, 0.25) is 0 Å². The number of carboxylic acids is 1. The van der Waals surface area contributed by atoms with Crippen molar-refractivity contribution in [2.75, 3.05) is 13.1 Å². The van der Waals surface area contributed by atoms with Gasteiger partial charge in [0.15, 0.2) is 0 Å². The molecule has 96 valence electrons. The molecule has 2 N–H and O–H groups in total. The fraction of sp³-hybridized carbons (Fsp3) is 0.923. The van der Waals surface area contributed by atoms with Gasteiger partial charge in [-0.3, -0.25) is 4.79 Å². The van der Waals surface area contributed by atoms with Gasteiger partial charge in [-0.25, -0.2) is 0 Å². The van der Waals surface area contributed by atoms with E-state index >= 15 is 0 Å². The number of hydrogen-bond acceptors (Lipinski definition) is 2. The van der Waals surface area contributed by atoms with Crippen LogP contribution in [0.3, 0.4) is 0 Å². The highest BCUT2D eigenvalue weighted by Crippen LogP contribution is 2.18. The molecule has 0 aliphatic carbocycles. The first kappa shape index (κ1) is 15.4. The number of rotatable bonds is 4. The van der Waals surface area contributed by atoms with Gasteiger partial charge in [0.05, 0.1) is 0 Å². The molecule has 0 atom stereocenters. The molecule has 16 heavy (non-hydrogen) atoms. The molecule has 1 rings (SSSR count). The van der Waals surface area contributed by atoms with E-state index in [9.17, 15) is 4.79 Å². The van der Waals surface area contributed by atoms with Crippen molar-refractivity contribution in [3.05, 3.63) is 0 Å². The van der Waals surface area contributed by atoms with E-state index in [1.807, 2.05) is 0 Å². The molecule has 0 saturated carbocycles. The summed E-state index contributed by atoms with van der Waals surface area (Å²) in [5, 5.41) is 11.7. The Labute approximate surface area is 99.6 Å². The maximum Gasteiger partial charge on any atom is 0.303 e. The minimum absolute atomic E-state index is 0.337. The van der Waals surface area contributed by atoms with E-state index in [4.69, 9.17) is 5.11 Å². The fourth-order valence-corrected chi connectivity index (χ4v) is 1.71. The summed E-state index contributed by atoms with van der Waals surface area (Å²) >= 11 is 0. The monoisotopic (exact) mass is 229 g/mol. The number of carbonyl (C=O) groups is 1. The lowest BCUT2D eigenvalue weighted by Gasteiger charge is -2.21. The van der Waals surface area contributed by atoms with Crippen molar-refractivity contribution in [2.45, 2.75) is 52.9 Å². The van der Waals surface area contributed by atoms with Crippen molar-refractivity contribution in [1.82, 2.24) is 5.32 Å². The highest BCUT2D eigenvalue weighted by Gasteiger charge is 2.12. The van der Waals surface area contributed by atoms with Gasteiger partial charge in [-0.15, -0.1) is 0 Å². The zero-order chi connectivity index (χ0) is 12.4. The third kappa shape index (κ3) is 11.5. The van der Waals surface area contributed by atoms with Crippen molar-refractivity contribution in [1.29, 1.82) is 0 Å². The Balaban J connectivity index is 0.000000487. The highest BCUT2D eigenvalue weighted by atomic mass is 16.4. The van der Waals surface area contributed by atoms with Crippen molar-refractivity contribution >= 4 is 5.97 Å². The van der Waals surface area contributed by atoms with E-state index in [1.165, 1.54) is 12.8 Å². The van der Waals surface area contributed by atoms with Gasteiger partial charge in [0.1, 0.15) is 0 Å². The van der Waals surface area contributed by atoms with Crippen molar-refractivity contribution in [2.24, 2.45) is 11.8 Å². The molecule has 1 heterocycles. The Hall–Kier alpha value is -0.570. The van der Waals surface area contributed by atoms with Crippen LogP contribution in [0.2, 0.25) is 0 Å². The summed E-state index contributed by atoms with van der Waals surface area (Å²) in [6.07, 6.45) is 4.72. The molecule has 0 bridgehead atoms. The normalized spacial score (nSPS) is 16.8. The molecule has 3 heteroatoms. The van der Waals surface area contributed by atoms with E-state index in [1.54, 1.807) is 0 Å². The third-order valence-electron chi connectivity index (χ3n) is 2.46. The Morgan fingerprint density at radius 1 is 1.31 bits per heavy atom. The summed E-state index contributed by atoms with van der Waals surface area (Å²) in [6.45, 7) is 8.72. The van der Waals surface area contributed by atoms with Crippen molar-refractivity contribution < 1.29 is 9.90 Å². The molecule has 0 radical (unpaired) electrons. The molecule has 0 unspecified atom stereocenters. The molecule has 0 aromatic carbocycles. The summed E-state index contributed by atoms with van der Waals surface area (Å²) in [5.41, 5.74) is 0. The van der Waals surface area contributed by atoms with Gasteiger partial charge in [0, 0.05) is 6.42 Å². The average Bonchev–Trinajstić information content (AvgIpc) is 2.18. The van der Waals surface area contributed by atoms with Gasteiger partial charge in [-0.2, -0.15) is 0 Å². The summed E-state index contributed by atoms with van der Waals surface area (Å²) in [4.78, 5) is 10.2. The minimum atomic E-state index is -0.663. The van der Waals surface area contributed by atoms with Crippen LogP contribution in [-0.4, -0.2) is 24.2 Å². The molecule has 1 fully saturated rings. The number of hydrogen-bond donors (Lipinski definition) is 2. The van der Waals surface area contributed by atoms with Crippen LogP contribution in [0.15, 0.2) is 0 Å². The number of aliphatic carboxylic acids is 1. The summed E-state index contributed by atoms with van der Waals surface area (Å²) in [6, 6.07) is 0. The highest BCUT2D eigenvalue weighted by molar-refractivity contribution is 5.66. The molecule has 0 aromatic rings. The van der Waals surface area contributed by atoms with Crippen LogP contribution in [0, 0.1) is 11.8 Å². The number of piperidine rings is 1. The van der Waals surface area contributed by atoms with Crippen LogP contribution in [0.25, 0.3) is 0 Å². The first-order valence-electron chi connectivity index (χ1n) is 6.45. The second kappa shape index (κ2) is 9.64. The maximum atomic E-state index is 10.2. The smallest absolute Gasteiger partial charge is 0.303 e. The van der Waals surface area contributed by atoms with E-state index in [-0.39, 0.29) is 0 Å². The quantitative estimate of drug-likeness (QED) is 0.779. The molecular formula is C13H27NO2. The molecular weight excluding hydrogens is 202 g/mol. The van der Waals surface area contributed by atoms with Gasteiger partial charge in [-0.05, 0) is 50.6 Å². The first-order valence-corrected chi connectivity index (χ1v) is 6.45. The third-order valence-corrected chi connectivity index (χ3v) is 2.46. The average molecular weight is 229 g/mol. The topological polar surface area (TPSA) is 49.3 Å². The summed E-state index contributed by atoms with van der Waals surface area (Å²) < 4.78 is 0. The SMILES string of the molecule is CC(C)C.O=C(O)CCCC1CCNCC1. The van der Waals surface area contributed by atoms with Gasteiger partial charge in [-0.1, -0.05) is 20.8 Å². The summed E-state index contributed by atoms with van der Waals surface area (Å²) in [7, 11) is 0. The zero-order valence-electron chi connectivity index (χ0n) is 11.0. The number of nitrogens with one attached hydrogen (secondary N) is 1. The molecule has 3 nitrogen and oxygen atoms in total. The second-order valence-electron chi connectivity index (χ2n) is 5.21. The lowest BCUT2D eigenvalue weighted by molar-refractivity contribution is -0.137. The Morgan fingerprint density at radius 3 is 2.25 bits per heavy atom. The van der Waals surface area contributed by atoms with E-state index in [2.05, 4.69) is 26.1 Å². The van der Waals surface area contributed by atoms with Crippen LogP contribution < -0.4 is 5.32 Å². The standard InChI is InChI=1S/C9H17NO2.C4H10/c11-9(12)3-1-2-8-4-6-10-7-5-8;1-4(2)3/h8,10H,1-7H2,(H,11,12);4H,1-3H3. The van der Waals surface area contributed by atoms with Gasteiger partial charge < -0.3 is 10.4 Å². The number of carboxylic acid groups (broad SMARTS) is 1. The Kier molecular flexibility index (Phi) is 9.30. The van der Waals surface area contributed by atoms with E-state index < -0.39 is 5.97 Å². The van der Waals surface area contributed by atoms with Gasteiger partial charge >= 0.3 is 5.97 Å². The van der Waals surface area contributed by atoms with Crippen molar-refractivity contribution in [3.8, 4) is 0 Å². The van der Waals surface area contributed by atoms with Gasteiger partial charge in [0.25, 0.3) is 0 Å². The Bertz CT molecular complexity index is 172. The predicted molar refractivity (Wildman–Crippen MR) is 67.6 cm³/mol. The lowest BCUT2D eigenvalue weighted by atomic mass is 9.93. The first-order chi connectivity index (χ1) is 7.52. The van der Waals surface area contributed by atoms with E-state index in [0.717, 1.165) is 37.8 Å². The lowest BCUT2D eigenvalue weighted by Crippen LogP contribution is -2.27. The molecule has 1 aliphatic rings.